The summed E-state index contributed by atoms with van der Waals surface area (Å²) in [6.07, 6.45) is 2.32. The number of aliphatic carboxylic acids is 1. The van der Waals surface area contributed by atoms with E-state index in [4.69, 9.17) is 5.11 Å². The average Bonchev–Trinajstić information content (AvgIpc) is 2.71. The Balaban J connectivity index is 2.89. The molecule has 0 aliphatic carbocycles. The van der Waals surface area contributed by atoms with Crippen molar-refractivity contribution in [1.29, 1.82) is 0 Å². The lowest BCUT2D eigenvalue weighted by molar-refractivity contribution is -0.143. The third kappa shape index (κ3) is 3.56. The standard InChI is InChI=1S/C14H21NO3S/c1-5-7-10-8-11(19-9(10)3)12(16)15-14(4,6-2)13(17)18/h8H,5-7H2,1-4H3,(H,15,16)(H,17,18). The van der Waals surface area contributed by atoms with Crippen molar-refractivity contribution in [2.24, 2.45) is 0 Å². The highest BCUT2D eigenvalue weighted by Gasteiger charge is 2.33. The van der Waals surface area contributed by atoms with Crippen molar-refractivity contribution in [2.45, 2.75) is 52.5 Å². The Hall–Kier alpha value is -1.36. The quantitative estimate of drug-likeness (QED) is 0.843. The van der Waals surface area contributed by atoms with Gasteiger partial charge in [0, 0.05) is 4.88 Å². The van der Waals surface area contributed by atoms with Crippen molar-refractivity contribution in [3.63, 3.8) is 0 Å². The summed E-state index contributed by atoms with van der Waals surface area (Å²) in [7, 11) is 0. The van der Waals surface area contributed by atoms with E-state index in [2.05, 4.69) is 12.2 Å². The first-order valence-corrected chi connectivity index (χ1v) is 7.31. The monoisotopic (exact) mass is 283 g/mol. The van der Waals surface area contributed by atoms with Crippen LogP contribution in [-0.4, -0.2) is 22.5 Å². The molecule has 0 spiro atoms. The molecule has 106 valence electrons. The molecule has 1 heterocycles. The van der Waals surface area contributed by atoms with Gasteiger partial charge in [0.25, 0.3) is 5.91 Å². The number of carbonyl (C=O) groups excluding carboxylic acids is 1. The number of thiophene rings is 1. The molecule has 19 heavy (non-hydrogen) atoms. The number of hydrogen-bond acceptors (Lipinski definition) is 3. The van der Waals surface area contributed by atoms with E-state index in [1.54, 1.807) is 6.92 Å². The van der Waals surface area contributed by atoms with E-state index in [-0.39, 0.29) is 5.91 Å². The predicted molar refractivity (Wildman–Crippen MR) is 76.8 cm³/mol. The average molecular weight is 283 g/mol. The highest BCUT2D eigenvalue weighted by atomic mass is 32.1. The molecule has 1 aromatic heterocycles. The highest BCUT2D eigenvalue weighted by molar-refractivity contribution is 7.14. The van der Waals surface area contributed by atoms with Crippen LogP contribution in [-0.2, 0) is 11.2 Å². The minimum atomic E-state index is -1.21. The van der Waals surface area contributed by atoms with E-state index >= 15 is 0 Å². The zero-order valence-corrected chi connectivity index (χ0v) is 12.7. The Labute approximate surface area is 117 Å². The molecule has 1 atom stereocenters. The van der Waals surface area contributed by atoms with Gasteiger partial charge in [0.1, 0.15) is 5.54 Å². The number of aryl methyl sites for hydroxylation is 2. The van der Waals surface area contributed by atoms with E-state index < -0.39 is 11.5 Å². The van der Waals surface area contributed by atoms with Gasteiger partial charge in [-0.1, -0.05) is 20.3 Å². The maximum Gasteiger partial charge on any atom is 0.329 e. The summed E-state index contributed by atoms with van der Waals surface area (Å²) in [6, 6.07) is 1.87. The smallest absolute Gasteiger partial charge is 0.329 e. The molecule has 0 aliphatic heterocycles. The van der Waals surface area contributed by atoms with Gasteiger partial charge < -0.3 is 10.4 Å². The van der Waals surface area contributed by atoms with Gasteiger partial charge in [-0.15, -0.1) is 11.3 Å². The number of carbonyl (C=O) groups is 2. The number of hydrogen-bond donors (Lipinski definition) is 2. The summed E-state index contributed by atoms with van der Waals surface area (Å²) in [5.74, 6) is -1.31. The molecule has 0 aromatic carbocycles. The Morgan fingerprint density at radius 3 is 2.53 bits per heavy atom. The Bertz CT molecular complexity index is 481. The molecule has 1 aromatic rings. The predicted octanol–water partition coefficient (Wildman–Crippen LogP) is 2.99. The lowest BCUT2D eigenvalue weighted by Crippen LogP contribution is -2.51. The zero-order chi connectivity index (χ0) is 14.6. The van der Waals surface area contributed by atoms with Gasteiger partial charge in [-0.05, 0) is 38.3 Å². The fourth-order valence-corrected chi connectivity index (χ4v) is 2.72. The lowest BCUT2D eigenvalue weighted by atomic mass is 9.99. The van der Waals surface area contributed by atoms with Crippen LogP contribution < -0.4 is 5.32 Å². The number of carboxylic acid groups (broad SMARTS) is 1. The molecule has 1 amide bonds. The number of rotatable bonds is 6. The Morgan fingerprint density at radius 1 is 1.42 bits per heavy atom. The topological polar surface area (TPSA) is 66.4 Å². The Morgan fingerprint density at radius 2 is 2.05 bits per heavy atom. The maximum atomic E-state index is 12.1. The van der Waals surface area contributed by atoms with E-state index in [1.807, 2.05) is 13.0 Å². The van der Waals surface area contributed by atoms with Gasteiger partial charge in [-0.25, -0.2) is 4.79 Å². The van der Waals surface area contributed by atoms with Crippen molar-refractivity contribution in [2.75, 3.05) is 0 Å². The zero-order valence-electron chi connectivity index (χ0n) is 11.9. The molecule has 0 aliphatic rings. The van der Waals surface area contributed by atoms with E-state index in [1.165, 1.54) is 23.8 Å². The van der Waals surface area contributed by atoms with E-state index in [0.717, 1.165) is 17.7 Å². The largest absolute Gasteiger partial charge is 0.480 e. The van der Waals surface area contributed by atoms with E-state index in [9.17, 15) is 9.59 Å². The third-order valence-corrected chi connectivity index (χ3v) is 4.42. The first-order chi connectivity index (χ1) is 8.84. The molecule has 5 heteroatoms. The van der Waals surface area contributed by atoms with Crippen LogP contribution in [0.25, 0.3) is 0 Å². The van der Waals surface area contributed by atoms with Gasteiger partial charge in [0.2, 0.25) is 0 Å². The summed E-state index contributed by atoms with van der Waals surface area (Å²) in [4.78, 5) is 25.0. The van der Waals surface area contributed by atoms with Crippen molar-refractivity contribution < 1.29 is 14.7 Å². The van der Waals surface area contributed by atoms with Crippen molar-refractivity contribution in [3.05, 3.63) is 21.4 Å². The maximum absolute atomic E-state index is 12.1. The third-order valence-electron chi connectivity index (χ3n) is 3.33. The SMILES string of the molecule is CCCc1cc(C(=O)NC(C)(CC)C(=O)O)sc1C. The summed E-state index contributed by atoms with van der Waals surface area (Å²) in [5, 5.41) is 11.8. The van der Waals surface area contributed by atoms with Crippen molar-refractivity contribution in [1.82, 2.24) is 5.32 Å². The van der Waals surface area contributed by atoms with Crippen LogP contribution in [0, 0.1) is 6.92 Å². The van der Waals surface area contributed by atoms with E-state index in [0.29, 0.717) is 11.3 Å². The number of carboxylic acids is 1. The van der Waals surface area contributed by atoms with Crippen LogP contribution >= 0.6 is 11.3 Å². The number of nitrogens with one attached hydrogen (secondary N) is 1. The van der Waals surface area contributed by atoms with Crippen molar-refractivity contribution in [3.8, 4) is 0 Å². The molecular formula is C14H21NO3S. The van der Waals surface area contributed by atoms with Crippen molar-refractivity contribution >= 4 is 23.2 Å². The molecular weight excluding hydrogens is 262 g/mol. The molecule has 0 saturated heterocycles. The molecule has 2 N–H and O–H groups in total. The first-order valence-electron chi connectivity index (χ1n) is 6.49. The second-order valence-corrected chi connectivity index (χ2v) is 6.14. The first kappa shape index (κ1) is 15.7. The molecule has 1 rings (SSSR count). The number of amides is 1. The molecule has 0 saturated carbocycles. The fourth-order valence-electron chi connectivity index (χ4n) is 1.75. The molecule has 4 nitrogen and oxygen atoms in total. The molecule has 0 fully saturated rings. The summed E-state index contributed by atoms with van der Waals surface area (Å²) in [6.45, 7) is 7.36. The minimum Gasteiger partial charge on any atom is -0.480 e. The fraction of sp³-hybridized carbons (Fsp3) is 0.571. The molecule has 0 bridgehead atoms. The van der Waals surface area contributed by atoms with Gasteiger partial charge in [0.15, 0.2) is 0 Å². The van der Waals surface area contributed by atoms with Crippen LogP contribution in [0.5, 0.6) is 0 Å². The summed E-state index contributed by atoms with van der Waals surface area (Å²) >= 11 is 1.42. The lowest BCUT2D eigenvalue weighted by Gasteiger charge is -2.24. The summed E-state index contributed by atoms with van der Waals surface area (Å²) < 4.78 is 0. The normalized spacial score (nSPS) is 13.9. The second-order valence-electron chi connectivity index (χ2n) is 4.89. The van der Waals surface area contributed by atoms with Gasteiger partial charge in [0.05, 0.1) is 4.88 Å². The van der Waals surface area contributed by atoms with Crippen LogP contribution in [0.2, 0.25) is 0 Å². The second kappa shape index (κ2) is 6.19. The van der Waals surface area contributed by atoms with Gasteiger partial charge in [-0.2, -0.15) is 0 Å². The Kier molecular flexibility index (Phi) is 5.11. The molecule has 0 radical (unpaired) electrons. The van der Waals surface area contributed by atoms with Crippen LogP contribution in [0.1, 0.15) is 53.7 Å². The van der Waals surface area contributed by atoms with Crippen LogP contribution in [0.3, 0.4) is 0 Å². The van der Waals surface area contributed by atoms with Crippen LogP contribution in [0.4, 0.5) is 0 Å². The summed E-state index contributed by atoms with van der Waals surface area (Å²) in [5.41, 5.74) is -0.0360. The highest BCUT2D eigenvalue weighted by Crippen LogP contribution is 2.23. The van der Waals surface area contributed by atoms with Gasteiger partial charge in [-0.3, -0.25) is 4.79 Å². The van der Waals surface area contributed by atoms with Crippen LogP contribution in [0.15, 0.2) is 6.07 Å². The minimum absolute atomic E-state index is 0.304. The van der Waals surface area contributed by atoms with Gasteiger partial charge >= 0.3 is 5.97 Å². The molecule has 1 unspecified atom stereocenters.